The summed E-state index contributed by atoms with van der Waals surface area (Å²) in [6, 6.07) is 21.6. The molecule has 0 bridgehead atoms. The summed E-state index contributed by atoms with van der Waals surface area (Å²) < 4.78 is 22.3. The molecule has 10 nitrogen and oxygen atoms in total. The van der Waals surface area contributed by atoms with Gasteiger partial charge in [0.25, 0.3) is 11.8 Å². The fraction of sp³-hybridized carbons (Fsp3) is 0.125. The van der Waals surface area contributed by atoms with Gasteiger partial charge in [0.05, 0.1) is 44.4 Å². The summed E-state index contributed by atoms with van der Waals surface area (Å²) >= 11 is 3.40. The Kier molecular flexibility index (Phi) is 10.1. The van der Waals surface area contributed by atoms with Gasteiger partial charge in [-0.05, 0) is 61.5 Å². The molecule has 4 aromatic rings. The molecule has 2 amide bonds. The van der Waals surface area contributed by atoms with Crippen LogP contribution < -0.4 is 29.7 Å². The molecule has 43 heavy (non-hydrogen) atoms. The molecule has 2 N–H and O–H groups in total. The minimum Gasteiger partial charge on any atom is -0.493 e. The van der Waals surface area contributed by atoms with E-state index in [1.54, 1.807) is 54.6 Å². The van der Waals surface area contributed by atoms with Gasteiger partial charge >= 0.3 is 5.97 Å². The van der Waals surface area contributed by atoms with Crippen molar-refractivity contribution in [3.05, 3.63) is 111 Å². The van der Waals surface area contributed by atoms with Crippen molar-refractivity contribution in [3.63, 3.8) is 0 Å². The molecule has 0 heterocycles. The summed E-state index contributed by atoms with van der Waals surface area (Å²) in [5.41, 5.74) is 5.04. The average molecular weight is 646 g/mol. The number of aryl methyl sites for hydroxylation is 1. The standard InChI is InChI=1S/C32H28BrN3O7/c1-19-9-11-20(12-10-19)30(37)35-25-8-6-5-7-24(25)31(38)36-34-18-22-15-23(33)13-14-26(22)43-32(39)21-16-27(40-2)29(42-4)28(17-21)41-3/h5-18H,1-4H3,(H,35,37)(H,36,38)/b34-18-. The van der Waals surface area contributed by atoms with Crippen molar-refractivity contribution in [2.75, 3.05) is 26.6 Å². The zero-order valence-corrected chi connectivity index (χ0v) is 25.4. The first kappa shape index (κ1) is 30.8. The Bertz CT molecular complexity index is 1660. The van der Waals surface area contributed by atoms with Gasteiger partial charge in [-0.15, -0.1) is 0 Å². The average Bonchev–Trinajstić information content (AvgIpc) is 3.01. The van der Waals surface area contributed by atoms with Crippen LogP contribution in [0.4, 0.5) is 5.69 Å². The Morgan fingerprint density at radius 3 is 2.09 bits per heavy atom. The smallest absolute Gasteiger partial charge is 0.343 e. The van der Waals surface area contributed by atoms with Crippen LogP contribution in [-0.4, -0.2) is 45.3 Å². The number of carbonyl (C=O) groups excluding carboxylic acids is 3. The van der Waals surface area contributed by atoms with Crippen LogP contribution in [0, 0.1) is 6.92 Å². The van der Waals surface area contributed by atoms with E-state index in [0.29, 0.717) is 38.5 Å². The molecule has 11 heteroatoms. The molecule has 0 aliphatic carbocycles. The summed E-state index contributed by atoms with van der Waals surface area (Å²) in [4.78, 5) is 38.8. The highest BCUT2D eigenvalue weighted by atomic mass is 79.9. The van der Waals surface area contributed by atoms with Crippen LogP contribution in [-0.2, 0) is 0 Å². The second-order valence-electron chi connectivity index (χ2n) is 9.05. The molecule has 0 fully saturated rings. The lowest BCUT2D eigenvalue weighted by molar-refractivity contribution is 0.0733. The molecule has 0 aliphatic rings. The molecule has 4 rings (SSSR count). The van der Waals surface area contributed by atoms with Crippen LogP contribution in [0.1, 0.15) is 42.2 Å². The van der Waals surface area contributed by atoms with Gasteiger partial charge in [0, 0.05) is 15.6 Å². The summed E-state index contributed by atoms with van der Waals surface area (Å²) in [7, 11) is 4.35. The van der Waals surface area contributed by atoms with E-state index in [1.807, 2.05) is 19.1 Å². The molecule has 0 unspecified atom stereocenters. The molecule has 0 spiro atoms. The van der Waals surface area contributed by atoms with Crippen LogP contribution in [0.2, 0.25) is 0 Å². The maximum atomic E-state index is 13.1. The van der Waals surface area contributed by atoms with Gasteiger partial charge in [-0.3, -0.25) is 9.59 Å². The molecule has 0 saturated heterocycles. The van der Waals surface area contributed by atoms with Crippen molar-refractivity contribution in [2.45, 2.75) is 6.92 Å². The number of para-hydroxylation sites is 1. The van der Waals surface area contributed by atoms with Crippen molar-refractivity contribution in [1.82, 2.24) is 5.43 Å². The molecule has 0 atom stereocenters. The van der Waals surface area contributed by atoms with Gasteiger partial charge in [-0.25, -0.2) is 10.2 Å². The summed E-state index contributed by atoms with van der Waals surface area (Å²) in [6.07, 6.45) is 1.34. The lowest BCUT2D eigenvalue weighted by atomic mass is 10.1. The third kappa shape index (κ3) is 7.57. The second kappa shape index (κ2) is 14.1. The van der Waals surface area contributed by atoms with E-state index in [9.17, 15) is 14.4 Å². The van der Waals surface area contributed by atoms with E-state index in [2.05, 4.69) is 31.8 Å². The number of amides is 2. The molecule has 0 aromatic heterocycles. The number of ether oxygens (including phenoxy) is 4. The van der Waals surface area contributed by atoms with Gasteiger partial charge in [-0.2, -0.15) is 5.10 Å². The molecule has 4 aromatic carbocycles. The van der Waals surface area contributed by atoms with Crippen LogP contribution in [0.15, 0.2) is 88.4 Å². The lowest BCUT2D eigenvalue weighted by Gasteiger charge is -2.14. The van der Waals surface area contributed by atoms with E-state index in [0.717, 1.165) is 5.56 Å². The number of hydrogen-bond donors (Lipinski definition) is 2. The summed E-state index contributed by atoms with van der Waals surface area (Å²) in [6.45, 7) is 1.93. The van der Waals surface area contributed by atoms with Gasteiger partial charge in [0.1, 0.15) is 5.75 Å². The largest absolute Gasteiger partial charge is 0.493 e. The Balaban J connectivity index is 1.50. The number of benzene rings is 4. The number of carbonyl (C=O) groups is 3. The van der Waals surface area contributed by atoms with Crippen LogP contribution in [0.25, 0.3) is 0 Å². The number of hydrazone groups is 1. The van der Waals surface area contributed by atoms with E-state index < -0.39 is 11.9 Å². The normalized spacial score (nSPS) is 10.6. The zero-order valence-electron chi connectivity index (χ0n) is 23.8. The number of nitrogens with one attached hydrogen (secondary N) is 2. The maximum Gasteiger partial charge on any atom is 0.343 e. The quantitative estimate of drug-likeness (QED) is 0.0935. The monoisotopic (exact) mass is 645 g/mol. The predicted molar refractivity (Wildman–Crippen MR) is 166 cm³/mol. The first-order chi connectivity index (χ1) is 20.7. The number of nitrogens with zero attached hydrogens (tertiary/aromatic N) is 1. The van der Waals surface area contributed by atoms with Crippen molar-refractivity contribution >= 4 is 45.6 Å². The van der Waals surface area contributed by atoms with Gasteiger partial charge in [0.15, 0.2) is 11.5 Å². The van der Waals surface area contributed by atoms with Crippen LogP contribution >= 0.6 is 15.9 Å². The van der Waals surface area contributed by atoms with Crippen LogP contribution in [0.5, 0.6) is 23.0 Å². The highest BCUT2D eigenvalue weighted by Crippen LogP contribution is 2.38. The number of halogens is 1. The highest BCUT2D eigenvalue weighted by molar-refractivity contribution is 9.10. The van der Waals surface area contributed by atoms with Gasteiger partial charge in [0.2, 0.25) is 5.75 Å². The summed E-state index contributed by atoms with van der Waals surface area (Å²) in [5.74, 6) is -0.471. The topological polar surface area (TPSA) is 125 Å². The first-order valence-electron chi connectivity index (χ1n) is 12.9. The van der Waals surface area contributed by atoms with E-state index >= 15 is 0 Å². The second-order valence-corrected chi connectivity index (χ2v) is 9.97. The Morgan fingerprint density at radius 2 is 1.44 bits per heavy atom. The SMILES string of the molecule is COc1cc(C(=O)Oc2ccc(Br)cc2/C=N\NC(=O)c2ccccc2NC(=O)c2ccc(C)cc2)cc(OC)c1OC. The van der Waals surface area contributed by atoms with E-state index in [4.69, 9.17) is 18.9 Å². The van der Waals surface area contributed by atoms with E-state index in [-0.39, 0.29) is 22.8 Å². The summed E-state index contributed by atoms with van der Waals surface area (Å²) in [5, 5.41) is 6.83. The molecule has 0 radical (unpaired) electrons. The third-order valence-corrected chi connectivity index (χ3v) is 6.67. The van der Waals surface area contributed by atoms with Gasteiger partial charge < -0.3 is 24.3 Å². The number of esters is 1. The molecule has 0 aliphatic heterocycles. The Labute approximate surface area is 256 Å². The zero-order chi connectivity index (χ0) is 30.9. The fourth-order valence-corrected chi connectivity index (χ4v) is 4.36. The highest BCUT2D eigenvalue weighted by Gasteiger charge is 2.19. The van der Waals surface area contributed by atoms with E-state index in [1.165, 1.54) is 39.7 Å². The van der Waals surface area contributed by atoms with Crippen molar-refractivity contribution in [1.29, 1.82) is 0 Å². The van der Waals surface area contributed by atoms with Gasteiger partial charge in [-0.1, -0.05) is 45.8 Å². The number of methoxy groups -OCH3 is 3. The molecule has 220 valence electrons. The Hall–Kier alpha value is -5.16. The third-order valence-electron chi connectivity index (χ3n) is 6.18. The first-order valence-corrected chi connectivity index (χ1v) is 13.7. The number of anilines is 1. The predicted octanol–water partition coefficient (Wildman–Crippen LogP) is 6.02. The van der Waals surface area contributed by atoms with Crippen LogP contribution in [0.3, 0.4) is 0 Å². The molecular weight excluding hydrogens is 618 g/mol. The molecule has 0 saturated carbocycles. The Morgan fingerprint density at radius 1 is 0.767 bits per heavy atom. The number of rotatable bonds is 10. The minimum atomic E-state index is -0.682. The minimum absolute atomic E-state index is 0.165. The fourth-order valence-electron chi connectivity index (χ4n) is 3.98. The molecular formula is C32H28BrN3O7. The van der Waals surface area contributed by atoms with Crippen molar-refractivity contribution < 1.29 is 33.3 Å². The maximum absolute atomic E-state index is 13.1. The van der Waals surface area contributed by atoms with Crippen molar-refractivity contribution in [3.8, 4) is 23.0 Å². The number of hydrogen-bond acceptors (Lipinski definition) is 8. The van der Waals surface area contributed by atoms with Crippen molar-refractivity contribution in [2.24, 2.45) is 5.10 Å². The lowest BCUT2D eigenvalue weighted by Crippen LogP contribution is -2.21.